The van der Waals surface area contributed by atoms with E-state index in [1.54, 1.807) is 0 Å². The summed E-state index contributed by atoms with van der Waals surface area (Å²) in [5, 5.41) is 5.63. The minimum atomic E-state index is -4.41. The van der Waals surface area contributed by atoms with Crippen LogP contribution in [0.3, 0.4) is 0 Å². The van der Waals surface area contributed by atoms with Crippen LogP contribution in [-0.2, 0) is 12.7 Å². The molecule has 180 valence electrons. The predicted molar refractivity (Wildman–Crippen MR) is 134 cm³/mol. The van der Waals surface area contributed by atoms with E-state index in [4.69, 9.17) is 0 Å². The van der Waals surface area contributed by atoms with Crippen LogP contribution in [0.4, 0.5) is 23.7 Å². The summed E-state index contributed by atoms with van der Waals surface area (Å²) in [5.41, 5.74) is 4.30. The van der Waals surface area contributed by atoms with Crippen molar-refractivity contribution in [2.75, 3.05) is 5.32 Å². The minimum Gasteiger partial charge on any atom is -0.338 e. The Kier molecular flexibility index (Phi) is 6.16. The van der Waals surface area contributed by atoms with Crippen LogP contribution in [0.2, 0.25) is 0 Å². The van der Waals surface area contributed by atoms with Gasteiger partial charge >= 0.3 is 12.2 Å². The van der Waals surface area contributed by atoms with Crippen LogP contribution in [0.1, 0.15) is 11.1 Å². The molecule has 5 nitrogen and oxygen atoms in total. The van der Waals surface area contributed by atoms with Crippen LogP contribution in [0.25, 0.3) is 33.5 Å². The number of nitrogens with zero attached hydrogens (tertiary/aromatic N) is 1. The number of fused-ring (bicyclic) bond motifs is 1. The van der Waals surface area contributed by atoms with Gasteiger partial charge in [-0.15, -0.1) is 0 Å². The van der Waals surface area contributed by atoms with Crippen molar-refractivity contribution in [1.82, 2.24) is 15.3 Å². The molecule has 5 aromatic rings. The highest BCUT2D eigenvalue weighted by molar-refractivity contribution is 5.89. The van der Waals surface area contributed by atoms with E-state index in [9.17, 15) is 18.0 Å². The van der Waals surface area contributed by atoms with E-state index in [0.29, 0.717) is 29.1 Å². The van der Waals surface area contributed by atoms with Crippen molar-refractivity contribution in [3.63, 3.8) is 0 Å². The quantitative estimate of drug-likeness (QED) is 0.245. The van der Waals surface area contributed by atoms with Crippen LogP contribution >= 0.6 is 0 Å². The minimum absolute atomic E-state index is 0.299. The van der Waals surface area contributed by atoms with Crippen molar-refractivity contribution >= 4 is 22.8 Å². The van der Waals surface area contributed by atoms with Crippen molar-refractivity contribution in [3.05, 3.63) is 108 Å². The van der Waals surface area contributed by atoms with Gasteiger partial charge in [0.05, 0.1) is 16.6 Å². The molecule has 1 heterocycles. The number of aromatic amines is 1. The molecule has 0 atom stereocenters. The van der Waals surface area contributed by atoms with Crippen molar-refractivity contribution in [2.24, 2.45) is 0 Å². The number of alkyl halides is 3. The normalized spacial score (nSPS) is 11.4. The standard InChI is InChI=1S/C28H21F3N4O/c29-28(30,31)22-11-14-24-25(16-22)35-26(34-24)21-8-4-7-20(15-21)19-9-12-23(13-10-19)33-27(36)32-17-18-5-2-1-3-6-18/h1-16H,17H2,(H,34,35)(H2,32,33,36). The lowest BCUT2D eigenvalue weighted by Crippen LogP contribution is -2.28. The fourth-order valence-electron chi connectivity index (χ4n) is 3.87. The van der Waals surface area contributed by atoms with Crippen LogP contribution in [-0.4, -0.2) is 16.0 Å². The Morgan fingerprint density at radius 1 is 0.806 bits per heavy atom. The summed E-state index contributed by atoms with van der Waals surface area (Å²) in [5.74, 6) is 0.486. The van der Waals surface area contributed by atoms with E-state index >= 15 is 0 Å². The maximum absolute atomic E-state index is 13.0. The summed E-state index contributed by atoms with van der Waals surface area (Å²) in [4.78, 5) is 19.6. The second-order valence-electron chi connectivity index (χ2n) is 8.27. The van der Waals surface area contributed by atoms with Gasteiger partial charge in [0, 0.05) is 17.8 Å². The van der Waals surface area contributed by atoms with Gasteiger partial charge in [-0.05, 0) is 53.1 Å². The van der Waals surface area contributed by atoms with Crippen LogP contribution in [0.15, 0.2) is 97.1 Å². The zero-order valence-corrected chi connectivity index (χ0v) is 18.9. The van der Waals surface area contributed by atoms with Gasteiger partial charge < -0.3 is 15.6 Å². The number of benzene rings is 4. The van der Waals surface area contributed by atoms with Gasteiger partial charge in [0.2, 0.25) is 0 Å². The van der Waals surface area contributed by atoms with Gasteiger partial charge in [-0.25, -0.2) is 9.78 Å². The summed E-state index contributed by atoms with van der Waals surface area (Å²) < 4.78 is 39.1. The number of hydrogen-bond donors (Lipinski definition) is 3. The summed E-state index contributed by atoms with van der Waals surface area (Å²) in [7, 11) is 0. The smallest absolute Gasteiger partial charge is 0.338 e. The Hall–Kier alpha value is -4.59. The first-order valence-electron chi connectivity index (χ1n) is 11.2. The molecular formula is C28H21F3N4O. The van der Waals surface area contributed by atoms with Gasteiger partial charge in [-0.3, -0.25) is 0 Å². The molecule has 5 rings (SSSR count). The summed E-state index contributed by atoms with van der Waals surface area (Å²) in [6.07, 6.45) is -4.41. The molecule has 0 bridgehead atoms. The van der Waals surface area contributed by atoms with Crippen LogP contribution < -0.4 is 10.6 Å². The molecule has 0 radical (unpaired) electrons. The van der Waals surface area contributed by atoms with Crippen molar-refractivity contribution in [1.29, 1.82) is 0 Å². The fourth-order valence-corrected chi connectivity index (χ4v) is 3.87. The monoisotopic (exact) mass is 486 g/mol. The first-order valence-corrected chi connectivity index (χ1v) is 11.2. The molecule has 1 aromatic heterocycles. The Labute approximate surface area is 205 Å². The molecule has 0 saturated heterocycles. The molecule has 4 aromatic carbocycles. The Morgan fingerprint density at radius 2 is 1.56 bits per heavy atom. The second kappa shape index (κ2) is 9.58. The van der Waals surface area contributed by atoms with Gasteiger partial charge in [0.15, 0.2) is 0 Å². The lowest BCUT2D eigenvalue weighted by molar-refractivity contribution is -0.137. The largest absolute Gasteiger partial charge is 0.416 e. The zero-order valence-electron chi connectivity index (χ0n) is 18.9. The highest BCUT2D eigenvalue weighted by Crippen LogP contribution is 2.32. The molecule has 0 fully saturated rings. The van der Waals surface area contributed by atoms with Crippen molar-refractivity contribution in [2.45, 2.75) is 12.7 Å². The molecule has 2 amide bonds. The average molecular weight is 486 g/mol. The Bertz CT molecular complexity index is 1510. The van der Waals surface area contributed by atoms with E-state index in [2.05, 4.69) is 20.6 Å². The number of anilines is 1. The molecular weight excluding hydrogens is 465 g/mol. The number of imidazole rings is 1. The molecule has 0 spiro atoms. The number of halogens is 3. The Morgan fingerprint density at radius 3 is 2.31 bits per heavy atom. The third-order valence-electron chi connectivity index (χ3n) is 5.72. The molecule has 8 heteroatoms. The number of urea groups is 1. The fraction of sp³-hybridized carbons (Fsp3) is 0.0714. The molecule has 3 N–H and O–H groups in total. The van der Waals surface area contributed by atoms with Crippen molar-refractivity contribution < 1.29 is 18.0 Å². The number of aromatic nitrogens is 2. The van der Waals surface area contributed by atoms with Crippen LogP contribution in [0, 0.1) is 0 Å². The van der Waals surface area contributed by atoms with Crippen molar-refractivity contribution in [3.8, 4) is 22.5 Å². The second-order valence-corrected chi connectivity index (χ2v) is 8.27. The highest BCUT2D eigenvalue weighted by atomic mass is 19.4. The van der Waals surface area contributed by atoms with E-state index in [1.807, 2.05) is 78.9 Å². The topological polar surface area (TPSA) is 69.8 Å². The summed E-state index contributed by atoms with van der Waals surface area (Å²) in [6, 6.07) is 27.7. The number of hydrogen-bond acceptors (Lipinski definition) is 2. The van der Waals surface area contributed by atoms with E-state index in [0.717, 1.165) is 34.4 Å². The van der Waals surface area contributed by atoms with Gasteiger partial charge in [-0.1, -0.05) is 60.7 Å². The number of H-pyrrole nitrogens is 1. The molecule has 0 aliphatic heterocycles. The highest BCUT2D eigenvalue weighted by Gasteiger charge is 2.30. The van der Waals surface area contributed by atoms with E-state index in [-0.39, 0.29) is 6.03 Å². The van der Waals surface area contributed by atoms with E-state index in [1.165, 1.54) is 6.07 Å². The molecule has 0 saturated carbocycles. The number of carbonyl (C=O) groups excluding carboxylic acids is 1. The number of rotatable bonds is 5. The van der Waals surface area contributed by atoms with Gasteiger partial charge in [-0.2, -0.15) is 13.2 Å². The average Bonchev–Trinajstić information content (AvgIpc) is 3.32. The summed E-state index contributed by atoms with van der Waals surface area (Å²) in [6.45, 7) is 0.427. The first kappa shape index (κ1) is 23.2. The first-order chi connectivity index (χ1) is 17.3. The molecule has 0 unspecified atom stereocenters. The van der Waals surface area contributed by atoms with Gasteiger partial charge in [0.25, 0.3) is 0 Å². The SMILES string of the molecule is O=C(NCc1ccccc1)Nc1ccc(-c2cccc(-c3nc4ccc(C(F)(F)F)cc4[nH]3)c2)cc1. The van der Waals surface area contributed by atoms with Crippen LogP contribution in [0.5, 0.6) is 0 Å². The lowest BCUT2D eigenvalue weighted by Gasteiger charge is -2.09. The number of amides is 2. The maximum Gasteiger partial charge on any atom is 0.416 e. The van der Waals surface area contributed by atoms with Gasteiger partial charge in [0.1, 0.15) is 5.82 Å². The van der Waals surface area contributed by atoms with E-state index < -0.39 is 11.7 Å². The predicted octanol–water partition coefficient (Wildman–Crippen LogP) is 7.24. The molecule has 36 heavy (non-hydrogen) atoms. The maximum atomic E-state index is 13.0. The third-order valence-corrected chi connectivity index (χ3v) is 5.72. The lowest BCUT2D eigenvalue weighted by atomic mass is 10.0. The zero-order chi connectivity index (χ0) is 25.1. The number of carbonyl (C=O) groups is 1. The summed E-state index contributed by atoms with van der Waals surface area (Å²) >= 11 is 0. The third kappa shape index (κ3) is 5.22. The molecule has 0 aliphatic rings. The Balaban J connectivity index is 1.29. The number of nitrogens with one attached hydrogen (secondary N) is 3. The molecule has 0 aliphatic carbocycles.